The van der Waals surface area contributed by atoms with Crippen LogP contribution in [-0.2, 0) is 0 Å². The Morgan fingerprint density at radius 2 is 0.897 bits per heavy atom. The van der Waals surface area contributed by atoms with Gasteiger partial charge in [-0.2, -0.15) is 0 Å². The van der Waals surface area contributed by atoms with Crippen LogP contribution in [0, 0.1) is 27.7 Å². The summed E-state index contributed by atoms with van der Waals surface area (Å²) < 4.78 is 2.06. The molecule has 0 unspecified atom stereocenters. The van der Waals surface area contributed by atoms with E-state index in [2.05, 4.69) is 26.7 Å². The molecule has 0 N–H and O–H groups in total. The number of aryl methyl sites for hydroxylation is 4. The molecule has 4 heterocycles. The van der Waals surface area contributed by atoms with E-state index in [-0.39, 0.29) is 5.56 Å². The number of fused-ring (bicyclic) bond motifs is 4. The van der Waals surface area contributed by atoms with Crippen LogP contribution in [-0.4, -0.2) is 46.3 Å². The van der Waals surface area contributed by atoms with Gasteiger partial charge in [0.15, 0.2) is 11.6 Å². The highest BCUT2D eigenvalue weighted by Gasteiger charge is 2.41. The highest BCUT2D eigenvalue weighted by Crippen LogP contribution is 2.45. The van der Waals surface area contributed by atoms with E-state index < -0.39 is 11.8 Å². The van der Waals surface area contributed by atoms with Gasteiger partial charge in [-0.25, -0.2) is 34.8 Å². The monoisotopic (exact) mass is 754 g/mol. The molecule has 9 aromatic rings. The van der Waals surface area contributed by atoms with E-state index in [0.29, 0.717) is 51.9 Å². The lowest BCUT2D eigenvalue weighted by atomic mass is 9.97. The minimum atomic E-state index is -0.429. The van der Waals surface area contributed by atoms with Gasteiger partial charge < -0.3 is 4.57 Å². The SMILES string of the molecule is Cc1nc(C)nc(-c2cccc3c4cccc(-c5nc(C)nc(C)n5)c4n(-c4cccc5c4C(=O)N(c4cc(-c6ccccc6)ccc4-c4ccccc4)C5=O)c23)n1. The van der Waals surface area contributed by atoms with Gasteiger partial charge in [0.1, 0.15) is 23.3 Å². The van der Waals surface area contributed by atoms with Gasteiger partial charge in [0, 0.05) is 27.5 Å². The number of hydrogen-bond donors (Lipinski definition) is 0. The molecule has 0 aliphatic carbocycles. The van der Waals surface area contributed by atoms with Crippen molar-refractivity contribution in [3.63, 3.8) is 0 Å². The first-order valence-electron chi connectivity index (χ1n) is 19.0. The van der Waals surface area contributed by atoms with Gasteiger partial charge in [0.05, 0.1) is 33.5 Å². The normalized spacial score (nSPS) is 12.5. The summed E-state index contributed by atoms with van der Waals surface area (Å²) in [5, 5.41) is 1.81. The predicted molar refractivity (Wildman–Crippen MR) is 226 cm³/mol. The summed E-state index contributed by atoms with van der Waals surface area (Å²) in [6.45, 7) is 7.38. The van der Waals surface area contributed by atoms with Gasteiger partial charge >= 0.3 is 0 Å². The second-order valence-corrected chi connectivity index (χ2v) is 14.4. The van der Waals surface area contributed by atoms with Crippen LogP contribution >= 0.6 is 0 Å². The molecule has 0 saturated carbocycles. The van der Waals surface area contributed by atoms with E-state index in [1.165, 1.54) is 4.90 Å². The van der Waals surface area contributed by atoms with Crippen LogP contribution in [0.4, 0.5) is 5.69 Å². The molecule has 6 aromatic carbocycles. The van der Waals surface area contributed by atoms with Crippen molar-refractivity contribution in [2.75, 3.05) is 4.90 Å². The molecule has 0 atom stereocenters. The van der Waals surface area contributed by atoms with Crippen LogP contribution < -0.4 is 4.90 Å². The Morgan fingerprint density at radius 1 is 0.397 bits per heavy atom. The van der Waals surface area contributed by atoms with Crippen molar-refractivity contribution in [1.82, 2.24) is 34.5 Å². The molecule has 0 bridgehead atoms. The number of carbonyl (C=O) groups excluding carboxylic acids is 2. The summed E-state index contributed by atoms with van der Waals surface area (Å²) >= 11 is 0. The minimum Gasteiger partial charge on any atom is -0.307 e. The maximum absolute atomic E-state index is 15.3. The lowest BCUT2D eigenvalue weighted by Crippen LogP contribution is -2.30. The Hall–Kier alpha value is -7.72. The zero-order valence-electron chi connectivity index (χ0n) is 32.1. The van der Waals surface area contributed by atoms with E-state index in [9.17, 15) is 4.79 Å². The first kappa shape index (κ1) is 34.7. The molecule has 0 radical (unpaired) electrons. The van der Waals surface area contributed by atoms with E-state index in [1.807, 2.05) is 143 Å². The van der Waals surface area contributed by atoms with Crippen molar-refractivity contribution in [1.29, 1.82) is 0 Å². The maximum atomic E-state index is 15.3. The zero-order chi connectivity index (χ0) is 39.7. The van der Waals surface area contributed by atoms with Crippen molar-refractivity contribution in [3.05, 3.63) is 168 Å². The first-order chi connectivity index (χ1) is 28.2. The summed E-state index contributed by atoms with van der Waals surface area (Å²) in [4.78, 5) is 59.6. The van der Waals surface area contributed by atoms with Crippen LogP contribution in [0.2, 0.25) is 0 Å². The number of anilines is 1. The van der Waals surface area contributed by atoms with Gasteiger partial charge in [-0.05, 0) is 74.7 Å². The molecule has 2 amide bonds. The molecule has 0 saturated heterocycles. The minimum absolute atomic E-state index is 0.283. The number of aromatic nitrogens is 7. The number of nitrogens with zero attached hydrogens (tertiary/aromatic N) is 8. The molecule has 10 rings (SSSR count). The van der Waals surface area contributed by atoms with Crippen molar-refractivity contribution in [2.45, 2.75) is 27.7 Å². The summed E-state index contributed by atoms with van der Waals surface area (Å²) in [7, 11) is 0. The number of para-hydroxylation sites is 2. The molecule has 10 heteroatoms. The van der Waals surface area contributed by atoms with E-state index in [4.69, 9.17) is 19.9 Å². The van der Waals surface area contributed by atoms with Crippen molar-refractivity contribution >= 4 is 39.3 Å². The molecular formula is C48H34N8O2. The third kappa shape index (κ3) is 5.56. The van der Waals surface area contributed by atoms with Gasteiger partial charge in [-0.1, -0.05) is 103 Å². The highest BCUT2D eigenvalue weighted by molar-refractivity contribution is 6.36. The zero-order valence-corrected chi connectivity index (χ0v) is 32.1. The van der Waals surface area contributed by atoms with Crippen LogP contribution in [0.5, 0.6) is 0 Å². The molecular weight excluding hydrogens is 721 g/mol. The first-order valence-corrected chi connectivity index (χ1v) is 19.0. The molecule has 0 spiro atoms. The number of amides is 2. The Balaban J connectivity index is 1.27. The smallest absolute Gasteiger partial charge is 0.268 e. The van der Waals surface area contributed by atoms with Gasteiger partial charge in [-0.15, -0.1) is 0 Å². The Kier molecular flexibility index (Phi) is 8.08. The van der Waals surface area contributed by atoms with E-state index >= 15 is 4.79 Å². The van der Waals surface area contributed by atoms with Crippen LogP contribution in [0.15, 0.2) is 133 Å². The summed E-state index contributed by atoms with van der Waals surface area (Å²) in [5.41, 5.74) is 8.13. The van der Waals surface area contributed by atoms with Gasteiger partial charge in [0.2, 0.25) is 0 Å². The number of benzene rings is 6. The Bertz CT molecular complexity index is 3010. The van der Waals surface area contributed by atoms with Gasteiger partial charge in [0.25, 0.3) is 11.8 Å². The second kappa shape index (κ2) is 13.5. The lowest BCUT2D eigenvalue weighted by molar-refractivity contribution is 0.0926. The molecule has 58 heavy (non-hydrogen) atoms. The summed E-state index contributed by atoms with van der Waals surface area (Å²) in [6.07, 6.45) is 0. The van der Waals surface area contributed by atoms with Crippen molar-refractivity contribution in [3.8, 4) is 50.7 Å². The van der Waals surface area contributed by atoms with E-state index in [0.717, 1.165) is 55.2 Å². The molecule has 278 valence electrons. The molecule has 10 nitrogen and oxygen atoms in total. The van der Waals surface area contributed by atoms with Crippen molar-refractivity contribution in [2.24, 2.45) is 0 Å². The Morgan fingerprint density at radius 3 is 1.45 bits per heavy atom. The molecule has 0 fully saturated rings. The largest absolute Gasteiger partial charge is 0.307 e. The number of hydrogen-bond acceptors (Lipinski definition) is 8. The molecule has 3 aromatic heterocycles. The van der Waals surface area contributed by atoms with Crippen LogP contribution in [0.3, 0.4) is 0 Å². The number of carbonyl (C=O) groups is 2. The fourth-order valence-corrected chi connectivity index (χ4v) is 8.25. The lowest BCUT2D eigenvalue weighted by Gasteiger charge is -2.20. The van der Waals surface area contributed by atoms with Crippen LogP contribution in [0.1, 0.15) is 44.0 Å². The summed E-state index contributed by atoms with van der Waals surface area (Å²) in [6, 6.07) is 43.2. The van der Waals surface area contributed by atoms with Crippen molar-refractivity contribution < 1.29 is 9.59 Å². The topological polar surface area (TPSA) is 120 Å². The second-order valence-electron chi connectivity index (χ2n) is 14.4. The Labute approximate surface area is 333 Å². The quantitative estimate of drug-likeness (QED) is 0.154. The highest BCUT2D eigenvalue weighted by atomic mass is 16.2. The summed E-state index contributed by atoms with van der Waals surface area (Å²) in [5.74, 6) is 2.50. The third-order valence-electron chi connectivity index (χ3n) is 10.6. The predicted octanol–water partition coefficient (Wildman–Crippen LogP) is 9.86. The van der Waals surface area contributed by atoms with E-state index in [1.54, 1.807) is 6.07 Å². The average molecular weight is 755 g/mol. The number of rotatable bonds is 6. The maximum Gasteiger partial charge on any atom is 0.268 e. The average Bonchev–Trinajstić information content (AvgIpc) is 3.71. The standard InChI is InChI=1S/C48H34N8O2/c1-27-49-28(2)52-45(51-27)38-21-11-18-35-36-19-12-22-39(46-53-29(3)50-30(4)54-46)44(36)55(43(35)38)40-23-13-20-37-42(40)48(58)56(47(37)57)41-26-33(31-14-7-5-8-15-31)24-25-34(41)32-16-9-6-10-17-32/h5-26H,1-4H3. The fourth-order valence-electron chi connectivity index (χ4n) is 8.25. The molecule has 1 aliphatic rings. The third-order valence-corrected chi connectivity index (χ3v) is 10.6. The molecule has 1 aliphatic heterocycles. The number of imide groups is 1. The fraction of sp³-hybridized carbons (Fsp3) is 0.0833. The van der Waals surface area contributed by atoms with Crippen LogP contribution in [0.25, 0.3) is 72.5 Å². The van der Waals surface area contributed by atoms with Gasteiger partial charge in [-0.3, -0.25) is 9.59 Å².